The van der Waals surface area contributed by atoms with Gasteiger partial charge >= 0.3 is 0 Å². The molecule has 0 bridgehead atoms. The summed E-state index contributed by atoms with van der Waals surface area (Å²) in [5.74, 6) is -0.173. The largest absolute Gasteiger partial charge is 0.380 e. The van der Waals surface area contributed by atoms with Crippen molar-refractivity contribution in [2.24, 2.45) is 5.73 Å². The number of ether oxygens (including phenoxy) is 1. The van der Waals surface area contributed by atoms with E-state index in [1.165, 1.54) is 0 Å². The molecule has 102 valence electrons. The van der Waals surface area contributed by atoms with Crippen molar-refractivity contribution in [1.29, 1.82) is 0 Å². The van der Waals surface area contributed by atoms with Gasteiger partial charge in [-0.15, -0.1) is 12.4 Å². The summed E-state index contributed by atoms with van der Waals surface area (Å²) in [5, 5.41) is 2.74. The maximum Gasteiger partial charge on any atom is 0.241 e. The number of rotatable bonds is 6. The van der Waals surface area contributed by atoms with E-state index in [4.69, 9.17) is 10.5 Å². The van der Waals surface area contributed by atoms with Crippen LogP contribution in [0.25, 0.3) is 0 Å². The Kier molecular flexibility index (Phi) is 8.37. The molecule has 0 aliphatic carbocycles. The van der Waals surface area contributed by atoms with E-state index in [0.717, 1.165) is 11.1 Å². The van der Waals surface area contributed by atoms with Gasteiger partial charge in [0.1, 0.15) is 6.04 Å². The van der Waals surface area contributed by atoms with Crippen molar-refractivity contribution in [2.75, 3.05) is 19.8 Å². The molecule has 3 N–H and O–H groups in total. The van der Waals surface area contributed by atoms with Crippen LogP contribution in [-0.4, -0.2) is 25.7 Å². The molecule has 5 heteroatoms. The van der Waals surface area contributed by atoms with Crippen LogP contribution < -0.4 is 11.1 Å². The lowest BCUT2D eigenvalue weighted by Gasteiger charge is -2.12. The van der Waals surface area contributed by atoms with Gasteiger partial charge in [0.25, 0.3) is 0 Å². The minimum absolute atomic E-state index is 0. The van der Waals surface area contributed by atoms with E-state index in [1.807, 2.05) is 38.1 Å². The number of amides is 1. The van der Waals surface area contributed by atoms with Crippen LogP contribution in [0, 0.1) is 6.92 Å². The van der Waals surface area contributed by atoms with Crippen molar-refractivity contribution >= 4 is 18.3 Å². The van der Waals surface area contributed by atoms with E-state index < -0.39 is 6.04 Å². The van der Waals surface area contributed by atoms with Crippen molar-refractivity contribution in [3.05, 3.63) is 35.4 Å². The summed E-state index contributed by atoms with van der Waals surface area (Å²) in [6.07, 6.45) is 0. The van der Waals surface area contributed by atoms with E-state index in [-0.39, 0.29) is 18.3 Å². The zero-order chi connectivity index (χ0) is 12.7. The zero-order valence-corrected chi connectivity index (χ0v) is 11.6. The maximum atomic E-state index is 11.7. The number of nitrogens with two attached hydrogens (primary N) is 1. The molecule has 0 spiro atoms. The van der Waals surface area contributed by atoms with Crippen LogP contribution in [0.3, 0.4) is 0 Å². The summed E-state index contributed by atoms with van der Waals surface area (Å²) in [6, 6.07) is 7.03. The molecule has 0 radical (unpaired) electrons. The maximum absolute atomic E-state index is 11.7. The summed E-state index contributed by atoms with van der Waals surface area (Å²) in [6.45, 7) is 5.58. The molecule has 18 heavy (non-hydrogen) atoms. The molecule has 0 heterocycles. The number of hydrogen-bond donors (Lipinski definition) is 2. The summed E-state index contributed by atoms with van der Waals surface area (Å²) < 4.78 is 5.13. The van der Waals surface area contributed by atoms with E-state index in [0.29, 0.717) is 19.8 Å². The van der Waals surface area contributed by atoms with Crippen LogP contribution in [0.1, 0.15) is 24.1 Å². The third-order valence-corrected chi connectivity index (χ3v) is 2.47. The molecule has 1 aromatic carbocycles. The second kappa shape index (κ2) is 8.91. The Labute approximate surface area is 114 Å². The van der Waals surface area contributed by atoms with Gasteiger partial charge in [0.05, 0.1) is 6.61 Å². The van der Waals surface area contributed by atoms with Gasteiger partial charge in [0, 0.05) is 13.2 Å². The van der Waals surface area contributed by atoms with Gasteiger partial charge in [-0.25, -0.2) is 0 Å². The minimum atomic E-state index is -0.614. The van der Waals surface area contributed by atoms with Crippen LogP contribution in [-0.2, 0) is 9.53 Å². The fraction of sp³-hybridized carbons (Fsp3) is 0.462. The molecule has 1 atom stereocenters. The first-order valence-electron chi connectivity index (χ1n) is 5.82. The second-order valence-electron chi connectivity index (χ2n) is 3.88. The van der Waals surface area contributed by atoms with Crippen molar-refractivity contribution < 1.29 is 9.53 Å². The van der Waals surface area contributed by atoms with Crippen LogP contribution in [0.15, 0.2) is 24.3 Å². The lowest BCUT2D eigenvalue weighted by atomic mass is 10.1. The van der Waals surface area contributed by atoms with E-state index in [1.54, 1.807) is 0 Å². The molecule has 0 saturated carbocycles. The Morgan fingerprint density at radius 3 is 2.56 bits per heavy atom. The molecule has 1 unspecified atom stereocenters. The number of nitrogens with one attached hydrogen (secondary N) is 1. The molecule has 0 saturated heterocycles. The molecule has 0 fully saturated rings. The third kappa shape index (κ3) is 5.49. The van der Waals surface area contributed by atoms with Gasteiger partial charge in [-0.3, -0.25) is 4.79 Å². The van der Waals surface area contributed by atoms with Crippen LogP contribution in [0.5, 0.6) is 0 Å². The molecule has 0 aliphatic rings. The molecule has 1 amide bonds. The Bertz CT molecular complexity index is 355. The van der Waals surface area contributed by atoms with Crippen molar-refractivity contribution in [3.8, 4) is 0 Å². The average molecular weight is 273 g/mol. The molecule has 0 aliphatic heterocycles. The monoisotopic (exact) mass is 272 g/mol. The Balaban J connectivity index is 0.00000289. The highest BCUT2D eigenvalue weighted by atomic mass is 35.5. The number of benzene rings is 1. The first kappa shape index (κ1) is 16.9. The van der Waals surface area contributed by atoms with Gasteiger partial charge in [-0.05, 0) is 19.4 Å². The predicted octanol–water partition coefficient (Wildman–Crippen LogP) is 1.57. The topological polar surface area (TPSA) is 64.3 Å². The summed E-state index contributed by atoms with van der Waals surface area (Å²) in [7, 11) is 0. The van der Waals surface area contributed by atoms with Crippen molar-refractivity contribution in [1.82, 2.24) is 5.32 Å². The zero-order valence-electron chi connectivity index (χ0n) is 10.8. The van der Waals surface area contributed by atoms with Gasteiger partial charge in [-0.2, -0.15) is 0 Å². The standard InChI is InChI=1S/C13H20N2O2.ClH/c1-3-17-9-8-15-13(16)12(14)11-6-4-10(2)5-7-11;/h4-7,12H,3,8-9,14H2,1-2H3,(H,15,16);1H. The number of halogens is 1. The summed E-state index contributed by atoms with van der Waals surface area (Å²) in [4.78, 5) is 11.7. The van der Waals surface area contributed by atoms with Gasteiger partial charge < -0.3 is 15.8 Å². The Morgan fingerprint density at radius 2 is 2.00 bits per heavy atom. The van der Waals surface area contributed by atoms with E-state index in [2.05, 4.69) is 5.32 Å². The smallest absolute Gasteiger partial charge is 0.241 e. The average Bonchev–Trinajstić information content (AvgIpc) is 2.34. The lowest BCUT2D eigenvalue weighted by Crippen LogP contribution is -2.36. The number of carbonyl (C=O) groups is 1. The predicted molar refractivity (Wildman–Crippen MR) is 74.9 cm³/mol. The summed E-state index contributed by atoms with van der Waals surface area (Å²) in [5.41, 5.74) is 7.82. The SMILES string of the molecule is CCOCCNC(=O)C(N)c1ccc(C)cc1.Cl. The molecule has 1 rings (SSSR count). The van der Waals surface area contributed by atoms with Crippen LogP contribution in [0.2, 0.25) is 0 Å². The third-order valence-electron chi connectivity index (χ3n) is 2.47. The highest BCUT2D eigenvalue weighted by molar-refractivity contribution is 5.85. The summed E-state index contributed by atoms with van der Waals surface area (Å²) >= 11 is 0. The minimum Gasteiger partial charge on any atom is -0.380 e. The highest BCUT2D eigenvalue weighted by Crippen LogP contribution is 2.11. The van der Waals surface area contributed by atoms with E-state index >= 15 is 0 Å². The quantitative estimate of drug-likeness (QED) is 0.773. The number of carbonyl (C=O) groups excluding carboxylic acids is 1. The normalized spacial score (nSPS) is 11.5. The number of hydrogen-bond acceptors (Lipinski definition) is 3. The second-order valence-corrected chi connectivity index (χ2v) is 3.88. The van der Waals surface area contributed by atoms with Gasteiger partial charge in [0.15, 0.2) is 0 Å². The van der Waals surface area contributed by atoms with Crippen LogP contribution >= 0.6 is 12.4 Å². The molecule has 0 aromatic heterocycles. The molecular weight excluding hydrogens is 252 g/mol. The van der Waals surface area contributed by atoms with Gasteiger partial charge in [0.2, 0.25) is 5.91 Å². The van der Waals surface area contributed by atoms with Crippen LogP contribution in [0.4, 0.5) is 0 Å². The number of aryl methyl sites for hydroxylation is 1. The first-order valence-corrected chi connectivity index (χ1v) is 5.82. The molecule has 1 aromatic rings. The lowest BCUT2D eigenvalue weighted by molar-refractivity contribution is -0.122. The fourth-order valence-electron chi connectivity index (χ4n) is 1.43. The Morgan fingerprint density at radius 1 is 1.39 bits per heavy atom. The molecule has 4 nitrogen and oxygen atoms in total. The first-order chi connectivity index (χ1) is 8.15. The fourth-order valence-corrected chi connectivity index (χ4v) is 1.43. The highest BCUT2D eigenvalue weighted by Gasteiger charge is 2.14. The van der Waals surface area contributed by atoms with Crippen molar-refractivity contribution in [3.63, 3.8) is 0 Å². The Hall–Kier alpha value is -1.10. The molecular formula is C13H21ClN2O2. The van der Waals surface area contributed by atoms with E-state index in [9.17, 15) is 4.79 Å². The van der Waals surface area contributed by atoms with Crippen molar-refractivity contribution in [2.45, 2.75) is 19.9 Å². The van der Waals surface area contributed by atoms with Gasteiger partial charge in [-0.1, -0.05) is 29.8 Å².